The van der Waals surface area contributed by atoms with E-state index in [0.717, 1.165) is 10.1 Å². The molecule has 0 bridgehead atoms. The number of nitrogens with one attached hydrogen (secondary N) is 1. The van der Waals surface area contributed by atoms with Crippen LogP contribution >= 0.6 is 0 Å². The van der Waals surface area contributed by atoms with Crippen LogP contribution in [0.3, 0.4) is 0 Å². The van der Waals surface area contributed by atoms with Gasteiger partial charge in [0.1, 0.15) is 5.75 Å². The van der Waals surface area contributed by atoms with E-state index in [-0.39, 0.29) is 30.2 Å². The number of rotatable bonds is 6. The van der Waals surface area contributed by atoms with Crippen molar-refractivity contribution >= 4 is 23.0 Å². The van der Waals surface area contributed by atoms with E-state index >= 15 is 0 Å². The average Bonchev–Trinajstić information content (AvgIpc) is 3.01. The molecule has 0 aliphatic carbocycles. The number of fused-ring (bicyclic) bond motifs is 1. The van der Waals surface area contributed by atoms with Crippen LogP contribution in [0.1, 0.15) is 5.56 Å². The summed E-state index contributed by atoms with van der Waals surface area (Å²) in [6.45, 7) is 0.123. The maximum absolute atomic E-state index is 12.7. The number of ether oxygens (including phenoxy) is 1. The van der Waals surface area contributed by atoms with E-state index in [2.05, 4.69) is 10.3 Å². The molecule has 0 aliphatic rings. The van der Waals surface area contributed by atoms with Crippen molar-refractivity contribution < 1.29 is 9.53 Å². The van der Waals surface area contributed by atoms with Gasteiger partial charge in [0.15, 0.2) is 11.2 Å². The highest BCUT2D eigenvalue weighted by atomic mass is 16.5. The van der Waals surface area contributed by atoms with Crippen molar-refractivity contribution in [3.05, 3.63) is 50.7 Å². The Hall–Kier alpha value is -3.56. The number of methoxy groups -OCH3 is 1. The highest BCUT2D eigenvalue weighted by molar-refractivity contribution is 5.80. The first kappa shape index (κ1) is 18.2. The number of carbonyl (C=O) groups is 1. The van der Waals surface area contributed by atoms with Gasteiger partial charge in [-0.2, -0.15) is 4.98 Å². The largest absolute Gasteiger partial charge is 0.497 e. The monoisotopic (exact) mass is 372 g/mol. The average molecular weight is 372 g/mol. The molecule has 3 aromatic rings. The topological polar surface area (TPSA) is 126 Å². The maximum atomic E-state index is 12.7. The molecule has 2 heterocycles. The number of anilines is 1. The number of amides is 1. The van der Waals surface area contributed by atoms with Gasteiger partial charge in [-0.1, -0.05) is 12.1 Å². The van der Waals surface area contributed by atoms with E-state index in [1.54, 1.807) is 11.7 Å². The standard InChI is InChI=1S/C17H20N6O4/c1-21-14-13(15(25)22(2)17(21)26)23(16(20-14)19-8-12(18)24)9-10-5-4-6-11(7-10)27-3/h4-7H,8-9H2,1-3H3,(H2,18,24)(H,19,20). The molecule has 10 nitrogen and oxygen atoms in total. The molecule has 142 valence electrons. The second-order valence-corrected chi connectivity index (χ2v) is 6.07. The van der Waals surface area contributed by atoms with Crippen molar-refractivity contribution in [2.75, 3.05) is 19.0 Å². The highest BCUT2D eigenvalue weighted by Crippen LogP contribution is 2.20. The zero-order valence-electron chi connectivity index (χ0n) is 15.2. The van der Waals surface area contributed by atoms with Crippen LogP contribution < -0.4 is 27.0 Å². The predicted octanol–water partition coefficient (Wildman–Crippen LogP) is -0.612. The van der Waals surface area contributed by atoms with E-state index < -0.39 is 17.2 Å². The first-order chi connectivity index (χ1) is 12.8. The maximum Gasteiger partial charge on any atom is 0.332 e. The molecular formula is C17H20N6O4. The number of hydrogen-bond acceptors (Lipinski definition) is 6. The molecule has 3 N–H and O–H groups in total. The van der Waals surface area contributed by atoms with Crippen LogP contribution in [-0.4, -0.2) is 38.2 Å². The van der Waals surface area contributed by atoms with Crippen molar-refractivity contribution in [3.63, 3.8) is 0 Å². The fourth-order valence-electron chi connectivity index (χ4n) is 2.85. The first-order valence-corrected chi connectivity index (χ1v) is 8.14. The molecule has 3 rings (SSSR count). The van der Waals surface area contributed by atoms with Crippen LogP contribution in [0.2, 0.25) is 0 Å². The zero-order valence-corrected chi connectivity index (χ0v) is 15.2. The zero-order chi connectivity index (χ0) is 19.7. The number of benzene rings is 1. The van der Waals surface area contributed by atoms with Gasteiger partial charge < -0.3 is 15.8 Å². The quantitative estimate of drug-likeness (QED) is 0.594. The summed E-state index contributed by atoms with van der Waals surface area (Å²) in [5.74, 6) is 0.366. The molecule has 0 unspecified atom stereocenters. The lowest BCUT2D eigenvalue weighted by atomic mass is 10.2. The highest BCUT2D eigenvalue weighted by Gasteiger charge is 2.19. The molecular weight excluding hydrogens is 352 g/mol. The van der Waals surface area contributed by atoms with Crippen LogP contribution in [0.15, 0.2) is 33.9 Å². The number of imidazole rings is 1. The van der Waals surface area contributed by atoms with Crippen LogP contribution in [0.25, 0.3) is 11.2 Å². The van der Waals surface area contributed by atoms with Crippen molar-refractivity contribution in [1.29, 1.82) is 0 Å². The van der Waals surface area contributed by atoms with Gasteiger partial charge in [-0.05, 0) is 17.7 Å². The van der Waals surface area contributed by atoms with Crippen LogP contribution in [0, 0.1) is 0 Å². The molecule has 1 amide bonds. The Morgan fingerprint density at radius 1 is 1.26 bits per heavy atom. The Balaban J connectivity index is 2.23. The number of carbonyl (C=O) groups excluding carboxylic acids is 1. The summed E-state index contributed by atoms with van der Waals surface area (Å²) in [5.41, 5.74) is 5.56. The number of hydrogen-bond donors (Lipinski definition) is 2. The van der Waals surface area contributed by atoms with Gasteiger partial charge in [0.05, 0.1) is 20.2 Å². The molecule has 0 spiro atoms. The lowest BCUT2D eigenvalue weighted by Crippen LogP contribution is -2.37. The summed E-state index contributed by atoms with van der Waals surface area (Å²) in [6.07, 6.45) is 0. The van der Waals surface area contributed by atoms with Crippen molar-refractivity contribution in [3.8, 4) is 5.75 Å². The summed E-state index contributed by atoms with van der Waals surface area (Å²) in [5, 5.41) is 2.83. The minimum absolute atomic E-state index is 0.157. The molecule has 0 saturated carbocycles. The van der Waals surface area contributed by atoms with E-state index in [1.807, 2.05) is 24.3 Å². The molecule has 1 aromatic carbocycles. The van der Waals surface area contributed by atoms with Gasteiger partial charge in [0, 0.05) is 14.1 Å². The van der Waals surface area contributed by atoms with Gasteiger partial charge >= 0.3 is 5.69 Å². The second kappa shape index (κ2) is 6.98. The minimum atomic E-state index is -0.572. The normalized spacial score (nSPS) is 10.9. The Bertz CT molecular complexity index is 1140. The second-order valence-electron chi connectivity index (χ2n) is 6.07. The summed E-state index contributed by atoms with van der Waals surface area (Å²) >= 11 is 0. The predicted molar refractivity (Wildman–Crippen MR) is 100.0 cm³/mol. The van der Waals surface area contributed by atoms with Crippen molar-refractivity contribution in [2.45, 2.75) is 6.54 Å². The molecule has 0 fully saturated rings. The Labute approximate surface area is 153 Å². The van der Waals surface area contributed by atoms with E-state index in [4.69, 9.17) is 10.5 Å². The fourth-order valence-corrected chi connectivity index (χ4v) is 2.85. The molecule has 0 saturated heterocycles. The Morgan fingerprint density at radius 2 is 2.00 bits per heavy atom. The van der Waals surface area contributed by atoms with Crippen LogP contribution in [-0.2, 0) is 25.4 Å². The van der Waals surface area contributed by atoms with E-state index in [0.29, 0.717) is 5.75 Å². The fraction of sp³-hybridized carbons (Fsp3) is 0.294. The van der Waals surface area contributed by atoms with E-state index in [1.165, 1.54) is 18.7 Å². The van der Waals surface area contributed by atoms with Crippen molar-refractivity contribution in [1.82, 2.24) is 18.7 Å². The summed E-state index contributed by atoms with van der Waals surface area (Å²) < 4.78 is 9.16. The molecule has 10 heteroatoms. The third-order valence-corrected chi connectivity index (χ3v) is 4.24. The smallest absolute Gasteiger partial charge is 0.332 e. The Morgan fingerprint density at radius 3 is 2.67 bits per heavy atom. The molecule has 0 atom stereocenters. The summed E-state index contributed by atoms with van der Waals surface area (Å²) in [7, 11) is 4.51. The number of aryl methyl sites for hydroxylation is 1. The third-order valence-electron chi connectivity index (χ3n) is 4.24. The number of primary amides is 1. The van der Waals surface area contributed by atoms with Crippen LogP contribution in [0.4, 0.5) is 5.95 Å². The molecule has 27 heavy (non-hydrogen) atoms. The lowest BCUT2D eigenvalue weighted by molar-refractivity contribution is -0.116. The number of nitrogens with zero attached hydrogens (tertiary/aromatic N) is 4. The van der Waals surface area contributed by atoms with Crippen LogP contribution in [0.5, 0.6) is 5.75 Å². The van der Waals surface area contributed by atoms with Crippen molar-refractivity contribution in [2.24, 2.45) is 19.8 Å². The minimum Gasteiger partial charge on any atom is -0.497 e. The summed E-state index contributed by atoms with van der Waals surface area (Å²) in [4.78, 5) is 40.4. The van der Waals surface area contributed by atoms with Gasteiger partial charge in [-0.25, -0.2) is 4.79 Å². The Kier molecular flexibility index (Phi) is 4.72. The van der Waals surface area contributed by atoms with Gasteiger partial charge in [0.2, 0.25) is 11.9 Å². The SMILES string of the molecule is COc1cccc(Cn2c(NCC(N)=O)nc3c2c(=O)n(C)c(=O)n3C)c1. The van der Waals surface area contributed by atoms with Gasteiger partial charge in [-0.15, -0.1) is 0 Å². The number of nitrogens with two attached hydrogens (primary N) is 1. The third kappa shape index (κ3) is 3.28. The molecule has 2 aromatic heterocycles. The lowest BCUT2D eigenvalue weighted by Gasteiger charge is -2.11. The number of aromatic nitrogens is 4. The first-order valence-electron chi connectivity index (χ1n) is 8.14. The summed E-state index contributed by atoms with van der Waals surface area (Å²) in [6, 6.07) is 7.34. The van der Waals surface area contributed by atoms with Gasteiger partial charge in [0.25, 0.3) is 5.56 Å². The molecule has 0 aliphatic heterocycles. The van der Waals surface area contributed by atoms with Gasteiger partial charge in [-0.3, -0.25) is 23.3 Å². The van der Waals surface area contributed by atoms with E-state index in [9.17, 15) is 14.4 Å². The molecule has 0 radical (unpaired) electrons.